The minimum atomic E-state index is -0.432. The second-order valence-electron chi connectivity index (χ2n) is 5.24. The van der Waals surface area contributed by atoms with Crippen LogP contribution in [-0.2, 0) is 11.3 Å². The molecule has 0 bridgehead atoms. The average molecular weight is 279 g/mol. The molecule has 1 aliphatic heterocycles. The highest BCUT2D eigenvalue weighted by molar-refractivity contribution is 5.62. The Morgan fingerprint density at radius 3 is 2.95 bits per heavy atom. The molecule has 0 aromatic heterocycles. The first kappa shape index (κ1) is 14.7. The van der Waals surface area contributed by atoms with Crippen molar-refractivity contribution in [3.63, 3.8) is 0 Å². The predicted molar refractivity (Wildman–Crippen MR) is 77.4 cm³/mol. The van der Waals surface area contributed by atoms with Crippen molar-refractivity contribution in [3.05, 3.63) is 33.9 Å². The summed E-state index contributed by atoms with van der Waals surface area (Å²) in [6.45, 7) is 6.30. The maximum atomic E-state index is 10.9. The third kappa shape index (κ3) is 3.08. The van der Waals surface area contributed by atoms with Crippen molar-refractivity contribution >= 4 is 11.4 Å². The number of nitro benzene ring substituents is 1. The number of para-hydroxylation sites is 1. The molecule has 2 rings (SSSR count). The highest BCUT2D eigenvalue weighted by atomic mass is 16.6. The summed E-state index contributed by atoms with van der Waals surface area (Å²) in [7, 11) is 0. The number of nitro groups is 1. The second-order valence-corrected chi connectivity index (χ2v) is 5.24. The predicted octanol–water partition coefficient (Wildman–Crippen LogP) is 2.18. The summed E-state index contributed by atoms with van der Waals surface area (Å²) in [5, 5.41) is 10.9. The number of nitrogen functional groups attached to an aromatic ring is 1. The maximum absolute atomic E-state index is 10.9. The van der Waals surface area contributed by atoms with Crippen molar-refractivity contribution in [2.75, 3.05) is 18.9 Å². The number of rotatable bonds is 4. The Bertz CT molecular complexity index is 493. The summed E-state index contributed by atoms with van der Waals surface area (Å²) in [5.41, 5.74) is 6.99. The van der Waals surface area contributed by atoms with E-state index in [4.69, 9.17) is 10.5 Å². The maximum Gasteiger partial charge on any atom is 0.292 e. The van der Waals surface area contributed by atoms with Gasteiger partial charge in [0, 0.05) is 25.2 Å². The van der Waals surface area contributed by atoms with E-state index in [1.165, 1.54) is 6.07 Å². The van der Waals surface area contributed by atoms with E-state index in [2.05, 4.69) is 11.8 Å². The van der Waals surface area contributed by atoms with Gasteiger partial charge >= 0.3 is 0 Å². The quantitative estimate of drug-likeness (QED) is 0.519. The molecule has 0 radical (unpaired) electrons. The fourth-order valence-corrected chi connectivity index (χ4v) is 2.60. The molecule has 0 saturated carbocycles. The lowest BCUT2D eigenvalue weighted by Gasteiger charge is -2.38. The lowest BCUT2D eigenvalue weighted by Crippen LogP contribution is -2.47. The van der Waals surface area contributed by atoms with Crippen LogP contribution >= 0.6 is 0 Å². The Kier molecular flexibility index (Phi) is 4.57. The summed E-state index contributed by atoms with van der Waals surface area (Å²) < 4.78 is 5.66. The number of ether oxygens (including phenoxy) is 1. The zero-order valence-corrected chi connectivity index (χ0v) is 11.9. The van der Waals surface area contributed by atoms with Crippen molar-refractivity contribution in [2.24, 2.45) is 0 Å². The van der Waals surface area contributed by atoms with Gasteiger partial charge < -0.3 is 10.5 Å². The molecule has 1 heterocycles. The monoisotopic (exact) mass is 279 g/mol. The number of hydrogen-bond donors (Lipinski definition) is 1. The molecule has 110 valence electrons. The van der Waals surface area contributed by atoms with Gasteiger partial charge in [-0.25, -0.2) is 0 Å². The molecule has 0 aliphatic carbocycles. The first-order chi connectivity index (χ1) is 9.52. The van der Waals surface area contributed by atoms with Gasteiger partial charge in [-0.05, 0) is 18.9 Å². The SMILES string of the molecule is CCC1COC(C)CN1Cc1cccc([N+](=O)[O-])c1N. The van der Waals surface area contributed by atoms with Gasteiger partial charge in [0.1, 0.15) is 5.69 Å². The fourth-order valence-electron chi connectivity index (χ4n) is 2.60. The molecule has 1 fully saturated rings. The Morgan fingerprint density at radius 1 is 1.55 bits per heavy atom. The molecule has 1 saturated heterocycles. The Hall–Kier alpha value is -1.66. The van der Waals surface area contributed by atoms with Crippen LogP contribution in [0.15, 0.2) is 18.2 Å². The van der Waals surface area contributed by atoms with Gasteiger partial charge in [-0.2, -0.15) is 0 Å². The standard InChI is InChI=1S/C14H21N3O3/c1-3-12-9-20-10(2)7-16(12)8-11-5-4-6-13(14(11)15)17(18)19/h4-6,10,12H,3,7-9,15H2,1-2H3. The summed E-state index contributed by atoms with van der Waals surface area (Å²) in [4.78, 5) is 12.8. The van der Waals surface area contributed by atoms with Gasteiger partial charge in [0.25, 0.3) is 5.69 Å². The molecule has 6 nitrogen and oxygen atoms in total. The van der Waals surface area contributed by atoms with Crippen LogP contribution in [0.25, 0.3) is 0 Å². The van der Waals surface area contributed by atoms with Crippen molar-refractivity contribution in [1.82, 2.24) is 4.90 Å². The van der Waals surface area contributed by atoms with Crippen molar-refractivity contribution < 1.29 is 9.66 Å². The van der Waals surface area contributed by atoms with Crippen LogP contribution in [0.2, 0.25) is 0 Å². The third-order valence-electron chi connectivity index (χ3n) is 3.80. The van der Waals surface area contributed by atoms with Gasteiger partial charge in [-0.3, -0.25) is 15.0 Å². The van der Waals surface area contributed by atoms with Crippen LogP contribution in [0.5, 0.6) is 0 Å². The van der Waals surface area contributed by atoms with Crippen LogP contribution in [0.4, 0.5) is 11.4 Å². The van der Waals surface area contributed by atoms with E-state index in [-0.39, 0.29) is 17.5 Å². The average Bonchev–Trinajstić information content (AvgIpc) is 2.41. The largest absolute Gasteiger partial charge is 0.393 e. The first-order valence-electron chi connectivity index (χ1n) is 6.90. The number of benzene rings is 1. The smallest absolute Gasteiger partial charge is 0.292 e. The van der Waals surface area contributed by atoms with Crippen molar-refractivity contribution in [2.45, 2.75) is 39.0 Å². The molecule has 2 N–H and O–H groups in total. The van der Waals surface area contributed by atoms with Crippen LogP contribution < -0.4 is 5.73 Å². The molecule has 6 heteroatoms. The molecule has 2 unspecified atom stereocenters. The molecule has 0 amide bonds. The normalized spacial score (nSPS) is 23.7. The molecular formula is C14H21N3O3. The topological polar surface area (TPSA) is 81.6 Å². The summed E-state index contributed by atoms with van der Waals surface area (Å²) in [5.74, 6) is 0. The molecule has 1 aliphatic rings. The number of nitrogens with two attached hydrogens (primary N) is 1. The lowest BCUT2D eigenvalue weighted by molar-refractivity contribution is -0.384. The second kappa shape index (κ2) is 6.19. The van der Waals surface area contributed by atoms with Gasteiger partial charge in [0.15, 0.2) is 0 Å². The van der Waals surface area contributed by atoms with E-state index in [1.54, 1.807) is 6.07 Å². The van der Waals surface area contributed by atoms with E-state index in [0.29, 0.717) is 19.2 Å². The molecule has 1 aromatic rings. The van der Waals surface area contributed by atoms with E-state index in [9.17, 15) is 10.1 Å². The van der Waals surface area contributed by atoms with E-state index in [0.717, 1.165) is 18.5 Å². The highest BCUT2D eigenvalue weighted by Crippen LogP contribution is 2.27. The third-order valence-corrected chi connectivity index (χ3v) is 3.80. The zero-order valence-electron chi connectivity index (χ0n) is 11.9. The van der Waals surface area contributed by atoms with E-state index < -0.39 is 4.92 Å². The van der Waals surface area contributed by atoms with Crippen molar-refractivity contribution in [1.29, 1.82) is 0 Å². The highest BCUT2D eigenvalue weighted by Gasteiger charge is 2.26. The molecule has 1 aromatic carbocycles. The van der Waals surface area contributed by atoms with Crippen LogP contribution in [-0.4, -0.2) is 35.1 Å². The van der Waals surface area contributed by atoms with Crippen LogP contribution in [0, 0.1) is 10.1 Å². The number of morpholine rings is 1. The molecule has 20 heavy (non-hydrogen) atoms. The van der Waals surface area contributed by atoms with Crippen LogP contribution in [0.3, 0.4) is 0 Å². The number of anilines is 1. The Balaban J connectivity index is 2.20. The Labute approximate surface area is 118 Å². The van der Waals surface area contributed by atoms with E-state index in [1.807, 2.05) is 13.0 Å². The van der Waals surface area contributed by atoms with Crippen LogP contribution in [0.1, 0.15) is 25.8 Å². The van der Waals surface area contributed by atoms with Gasteiger partial charge in [0.05, 0.1) is 17.6 Å². The minimum absolute atomic E-state index is 0.0168. The van der Waals surface area contributed by atoms with E-state index >= 15 is 0 Å². The van der Waals surface area contributed by atoms with Crippen molar-refractivity contribution in [3.8, 4) is 0 Å². The summed E-state index contributed by atoms with van der Waals surface area (Å²) in [6, 6.07) is 5.33. The van der Waals surface area contributed by atoms with Gasteiger partial charge in [-0.1, -0.05) is 19.1 Å². The number of nitrogens with zero attached hydrogens (tertiary/aromatic N) is 2. The fraction of sp³-hybridized carbons (Fsp3) is 0.571. The summed E-state index contributed by atoms with van der Waals surface area (Å²) in [6.07, 6.45) is 1.17. The first-order valence-corrected chi connectivity index (χ1v) is 6.90. The number of hydrogen-bond acceptors (Lipinski definition) is 5. The lowest BCUT2D eigenvalue weighted by atomic mass is 10.1. The molecule has 2 atom stereocenters. The van der Waals surface area contributed by atoms with Gasteiger partial charge in [-0.15, -0.1) is 0 Å². The summed E-state index contributed by atoms with van der Waals surface area (Å²) >= 11 is 0. The van der Waals surface area contributed by atoms with Gasteiger partial charge in [0.2, 0.25) is 0 Å². The minimum Gasteiger partial charge on any atom is -0.393 e. The molecular weight excluding hydrogens is 258 g/mol. The zero-order chi connectivity index (χ0) is 14.7. The Morgan fingerprint density at radius 2 is 2.30 bits per heavy atom. The molecule has 0 spiro atoms.